The summed E-state index contributed by atoms with van der Waals surface area (Å²) in [6.45, 7) is 2.41. The molecular weight excluding hydrogens is 385 g/mol. The number of rotatable bonds is 4. The monoisotopic (exact) mass is 403 g/mol. The van der Waals surface area contributed by atoms with Gasteiger partial charge in [-0.1, -0.05) is 41.4 Å². The van der Waals surface area contributed by atoms with Crippen molar-refractivity contribution in [2.75, 3.05) is 6.54 Å². The number of aromatic amines is 1. The minimum Gasteiger partial charge on any atom is -0.479 e. The number of likely N-dealkylation sites (tertiary alicyclic amines) is 1. The summed E-state index contributed by atoms with van der Waals surface area (Å²) >= 11 is 12.2. The van der Waals surface area contributed by atoms with Crippen LogP contribution in [0.25, 0.3) is 11.0 Å². The first-order chi connectivity index (χ1) is 13.0. The van der Waals surface area contributed by atoms with Gasteiger partial charge in [0.25, 0.3) is 5.91 Å². The Hall–Kier alpha value is -2.24. The van der Waals surface area contributed by atoms with Gasteiger partial charge < -0.3 is 14.6 Å². The summed E-state index contributed by atoms with van der Waals surface area (Å²) in [5, 5.41) is 0.712. The average Bonchev–Trinajstić information content (AvgIpc) is 3.31. The lowest BCUT2D eigenvalue weighted by Crippen LogP contribution is -2.40. The third-order valence-corrected chi connectivity index (χ3v) is 5.63. The molecule has 27 heavy (non-hydrogen) atoms. The molecule has 5 nitrogen and oxygen atoms in total. The molecule has 0 saturated carbocycles. The zero-order valence-corrected chi connectivity index (χ0v) is 16.3. The van der Waals surface area contributed by atoms with E-state index in [0.717, 1.165) is 29.7 Å². The minimum atomic E-state index is -0.675. The molecule has 2 aromatic carbocycles. The first-order valence-corrected chi connectivity index (χ1v) is 9.66. The Morgan fingerprint density at radius 2 is 2.07 bits per heavy atom. The largest absolute Gasteiger partial charge is 0.479 e. The molecule has 7 heteroatoms. The van der Waals surface area contributed by atoms with Gasteiger partial charge in [0.15, 0.2) is 6.10 Å². The molecule has 0 radical (unpaired) electrons. The van der Waals surface area contributed by atoms with Crippen molar-refractivity contribution in [2.45, 2.75) is 31.9 Å². The van der Waals surface area contributed by atoms with Crippen LogP contribution < -0.4 is 4.74 Å². The van der Waals surface area contributed by atoms with Crippen LogP contribution in [-0.2, 0) is 4.79 Å². The van der Waals surface area contributed by atoms with Crippen molar-refractivity contribution in [3.8, 4) is 5.75 Å². The van der Waals surface area contributed by atoms with Crippen molar-refractivity contribution in [1.29, 1.82) is 0 Å². The molecule has 1 N–H and O–H groups in total. The fraction of sp³-hybridized carbons (Fsp3) is 0.300. The number of fused-ring (bicyclic) bond motifs is 1. The Morgan fingerprint density at radius 3 is 2.89 bits per heavy atom. The fourth-order valence-electron chi connectivity index (χ4n) is 3.49. The second-order valence-electron chi connectivity index (χ2n) is 6.64. The average molecular weight is 404 g/mol. The van der Waals surface area contributed by atoms with Gasteiger partial charge in [-0.3, -0.25) is 4.79 Å². The molecule has 1 aliphatic heterocycles. The van der Waals surface area contributed by atoms with E-state index in [4.69, 9.17) is 27.9 Å². The molecule has 1 saturated heterocycles. The van der Waals surface area contributed by atoms with Gasteiger partial charge in [0.2, 0.25) is 0 Å². The van der Waals surface area contributed by atoms with Gasteiger partial charge in [-0.05, 0) is 44.0 Å². The fourth-order valence-corrected chi connectivity index (χ4v) is 3.83. The smallest absolute Gasteiger partial charge is 0.263 e. The van der Waals surface area contributed by atoms with Crippen molar-refractivity contribution in [3.63, 3.8) is 0 Å². The number of halogens is 2. The Kier molecular flexibility index (Phi) is 4.98. The van der Waals surface area contributed by atoms with Crippen LogP contribution >= 0.6 is 23.2 Å². The highest BCUT2D eigenvalue weighted by Crippen LogP contribution is 2.34. The number of aromatic nitrogens is 2. The molecule has 0 spiro atoms. The maximum Gasteiger partial charge on any atom is 0.263 e. The van der Waals surface area contributed by atoms with Crippen LogP contribution in [0.2, 0.25) is 10.0 Å². The summed E-state index contributed by atoms with van der Waals surface area (Å²) in [4.78, 5) is 22.9. The van der Waals surface area contributed by atoms with E-state index in [1.807, 2.05) is 29.2 Å². The third-order valence-electron chi connectivity index (χ3n) is 4.83. The maximum atomic E-state index is 13.0. The second-order valence-corrected chi connectivity index (χ2v) is 7.43. The molecule has 2 heterocycles. The molecule has 2 unspecified atom stereocenters. The predicted molar refractivity (Wildman–Crippen MR) is 106 cm³/mol. The number of carbonyl (C=O) groups is 1. The third kappa shape index (κ3) is 3.49. The molecule has 1 amide bonds. The van der Waals surface area contributed by atoms with E-state index in [-0.39, 0.29) is 11.9 Å². The van der Waals surface area contributed by atoms with Crippen LogP contribution in [0.15, 0.2) is 42.5 Å². The number of imidazole rings is 1. The number of amides is 1. The van der Waals surface area contributed by atoms with E-state index in [2.05, 4.69) is 9.97 Å². The van der Waals surface area contributed by atoms with Gasteiger partial charge in [0.1, 0.15) is 16.6 Å². The highest BCUT2D eigenvalue weighted by atomic mass is 35.5. The first-order valence-electron chi connectivity index (χ1n) is 8.90. The van der Waals surface area contributed by atoms with Crippen LogP contribution in [0.4, 0.5) is 0 Å². The summed E-state index contributed by atoms with van der Waals surface area (Å²) in [5.74, 6) is 1.13. The van der Waals surface area contributed by atoms with E-state index in [1.165, 1.54) is 0 Å². The zero-order chi connectivity index (χ0) is 19.0. The zero-order valence-electron chi connectivity index (χ0n) is 14.8. The van der Waals surface area contributed by atoms with E-state index in [0.29, 0.717) is 22.3 Å². The molecule has 2 atom stereocenters. The number of H-pyrrole nitrogens is 1. The highest BCUT2D eigenvalue weighted by molar-refractivity contribution is 6.42. The normalized spacial score (nSPS) is 18.0. The van der Waals surface area contributed by atoms with Crippen molar-refractivity contribution in [1.82, 2.24) is 14.9 Å². The Bertz CT molecular complexity index is 955. The van der Waals surface area contributed by atoms with Crippen molar-refractivity contribution < 1.29 is 9.53 Å². The standard InChI is InChI=1S/C20H19Cl2N3O2/c1-12(27-17-10-4-6-13(21)18(17)22)20(26)25-11-5-9-16(25)19-23-14-7-2-3-8-15(14)24-19/h2-4,6-8,10,12,16H,5,9,11H2,1H3,(H,23,24). The van der Waals surface area contributed by atoms with Crippen LogP contribution in [-0.4, -0.2) is 33.4 Å². The van der Waals surface area contributed by atoms with Gasteiger partial charge in [-0.2, -0.15) is 0 Å². The lowest BCUT2D eigenvalue weighted by molar-refractivity contribution is -0.139. The number of carbonyl (C=O) groups excluding carboxylic acids is 1. The second kappa shape index (κ2) is 7.41. The minimum absolute atomic E-state index is 0.0780. The van der Waals surface area contributed by atoms with Crippen LogP contribution in [0.1, 0.15) is 31.6 Å². The molecule has 0 bridgehead atoms. The van der Waals surface area contributed by atoms with E-state index < -0.39 is 6.10 Å². The Balaban J connectivity index is 1.54. The van der Waals surface area contributed by atoms with Crippen molar-refractivity contribution in [3.05, 3.63) is 58.3 Å². The Morgan fingerprint density at radius 1 is 1.26 bits per heavy atom. The molecular formula is C20H19Cl2N3O2. The number of nitrogens with one attached hydrogen (secondary N) is 1. The van der Waals surface area contributed by atoms with Crippen LogP contribution in [0.5, 0.6) is 5.75 Å². The molecule has 140 valence electrons. The number of nitrogens with zero attached hydrogens (tertiary/aromatic N) is 2. The van der Waals surface area contributed by atoms with E-state index >= 15 is 0 Å². The lowest BCUT2D eigenvalue weighted by Gasteiger charge is -2.26. The van der Waals surface area contributed by atoms with Crippen LogP contribution in [0.3, 0.4) is 0 Å². The maximum absolute atomic E-state index is 13.0. The molecule has 1 aliphatic rings. The molecule has 1 aromatic heterocycles. The van der Waals surface area contributed by atoms with Gasteiger partial charge in [0, 0.05) is 6.54 Å². The molecule has 3 aromatic rings. The predicted octanol–water partition coefficient (Wildman–Crippen LogP) is 5.00. The summed E-state index contributed by atoms with van der Waals surface area (Å²) in [6.07, 6.45) is 1.12. The SMILES string of the molecule is CC(Oc1cccc(Cl)c1Cl)C(=O)N1CCCC1c1nc2ccccc2[nH]1. The van der Waals surface area contributed by atoms with Gasteiger partial charge in [0.05, 0.1) is 22.1 Å². The quantitative estimate of drug-likeness (QED) is 0.666. The van der Waals surface area contributed by atoms with Gasteiger partial charge >= 0.3 is 0 Å². The van der Waals surface area contributed by atoms with E-state index in [1.54, 1.807) is 25.1 Å². The summed E-state index contributed by atoms with van der Waals surface area (Å²) in [5.41, 5.74) is 1.88. The number of benzene rings is 2. The molecule has 1 fully saturated rings. The molecule has 4 rings (SSSR count). The Labute approximate surface area is 167 Å². The van der Waals surface area contributed by atoms with Crippen molar-refractivity contribution >= 4 is 40.1 Å². The highest BCUT2D eigenvalue weighted by Gasteiger charge is 2.35. The van der Waals surface area contributed by atoms with E-state index in [9.17, 15) is 4.79 Å². The van der Waals surface area contributed by atoms with Gasteiger partial charge in [-0.15, -0.1) is 0 Å². The summed E-state index contributed by atoms with van der Waals surface area (Å²) in [6, 6.07) is 12.9. The number of hydrogen-bond acceptors (Lipinski definition) is 3. The first kappa shape index (κ1) is 18.1. The number of para-hydroxylation sites is 2. The number of ether oxygens (including phenoxy) is 1. The van der Waals surface area contributed by atoms with Crippen LogP contribution in [0, 0.1) is 0 Å². The van der Waals surface area contributed by atoms with Crippen molar-refractivity contribution in [2.24, 2.45) is 0 Å². The molecule has 0 aliphatic carbocycles. The topological polar surface area (TPSA) is 58.2 Å². The summed E-state index contributed by atoms with van der Waals surface area (Å²) < 4.78 is 5.81. The number of hydrogen-bond donors (Lipinski definition) is 1. The lowest BCUT2D eigenvalue weighted by atomic mass is 10.2. The van der Waals surface area contributed by atoms with Gasteiger partial charge in [-0.25, -0.2) is 4.98 Å². The summed E-state index contributed by atoms with van der Waals surface area (Å²) in [7, 11) is 0.